The number of anilines is 2. The average molecular weight is 614 g/mol. The minimum Gasteiger partial charge on any atom is -0.341 e. The molecule has 0 spiro atoms. The summed E-state index contributed by atoms with van der Waals surface area (Å²) in [5.74, 6) is -1.57. The lowest BCUT2D eigenvalue weighted by Crippen LogP contribution is -2.37. The number of aliphatic imine (C=N–C) groups is 1. The van der Waals surface area contributed by atoms with Gasteiger partial charge in [-0.25, -0.2) is 13.8 Å². The van der Waals surface area contributed by atoms with Crippen LogP contribution in [0.5, 0.6) is 0 Å². The van der Waals surface area contributed by atoms with Crippen molar-refractivity contribution in [3.05, 3.63) is 125 Å². The Hall–Kier alpha value is -4.82. The van der Waals surface area contributed by atoms with Gasteiger partial charge >= 0.3 is 0 Å². The number of pyridine rings is 1. The fourth-order valence-corrected chi connectivity index (χ4v) is 5.52. The Morgan fingerprint density at radius 3 is 2.75 bits per heavy atom. The highest BCUT2D eigenvalue weighted by Gasteiger charge is 2.28. The van der Waals surface area contributed by atoms with Crippen molar-refractivity contribution in [3.63, 3.8) is 0 Å². The number of carbonyl (C=O) groups excluding carboxylic acids is 1. The van der Waals surface area contributed by atoms with Gasteiger partial charge in [-0.3, -0.25) is 10.0 Å². The summed E-state index contributed by atoms with van der Waals surface area (Å²) in [4.78, 5) is 17.2. The maximum Gasteiger partial charge on any atom is 0.241 e. The van der Waals surface area contributed by atoms with Crippen LogP contribution < -0.4 is 15.4 Å². The summed E-state index contributed by atoms with van der Waals surface area (Å²) in [6.45, 7) is 5.84. The van der Waals surface area contributed by atoms with E-state index in [1.807, 2.05) is 55.5 Å². The van der Waals surface area contributed by atoms with Crippen LogP contribution in [-0.4, -0.2) is 17.3 Å². The topological polar surface area (TPSA) is 77.6 Å². The van der Waals surface area contributed by atoms with Crippen LogP contribution in [-0.2, 0) is 4.79 Å². The Balaban J connectivity index is 1.53. The van der Waals surface area contributed by atoms with Gasteiger partial charge in [0, 0.05) is 34.7 Å². The Bertz CT molecular complexity index is 1790. The lowest BCUT2D eigenvalue weighted by Gasteiger charge is -2.19. The van der Waals surface area contributed by atoms with Gasteiger partial charge in [0.2, 0.25) is 17.8 Å². The van der Waals surface area contributed by atoms with E-state index >= 15 is 0 Å². The van der Waals surface area contributed by atoms with Crippen molar-refractivity contribution in [1.29, 1.82) is 0 Å². The number of benzene rings is 3. The Morgan fingerprint density at radius 2 is 1.95 bits per heavy atom. The molecular weight excluding hydrogens is 582 g/mol. The summed E-state index contributed by atoms with van der Waals surface area (Å²) >= 11 is 5.90. The number of allylic oxidation sites excluding steroid dienone is 2. The Kier molecular flexibility index (Phi) is 9.50. The zero-order valence-electron chi connectivity index (χ0n) is 24.2. The number of halogens is 3. The highest BCUT2D eigenvalue weighted by atomic mass is 35.5. The lowest BCUT2D eigenvalue weighted by molar-refractivity contribution is -0.909. The van der Waals surface area contributed by atoms with Crippen LogP contribution in [0.4, 0.5) is 20.2 Å². The lowest BCUT2D eigenvalue weighted by atomic mass is 9.87. The molecule has 1 amide bonds. The minimum absolute atomic E-state index is 0.103. The van der Waals surface area contributed by atoms with Crippen LogP contribution in [0.25, 0.3) is 22.3 Å². The SMILES string of the molecule is C=C(/N=C\C=C/C)Nc1ccc2c(c1)NC(=O)CCCCC(c1ccc(-c3c(F)ccc(Cl)c3F)c[n+]1O)c1cccc-2c1. The fraction of sp³-hybridized carbons (Fsp3) is 0.171. The van der Waals surface area contributed by atoms with Crippen LogP contribution in [0.1, 0.15) is 49.8 Å². The number of hydrogen-bond acceptors (Lipinski definition) is 4. The molecule has 0 fully saturated rings. The molecular formula is C35H32ClF2N4O2+. The van der Waals surface area contributed by atoms with Gasteiger partial charge in [-0.1, -0.05) is 61.0 Å². The molecule has 1 aromatic heterocycles. The van der Waals surface area contributed by atoms with Crippen molar-refractivity contribution in [3.8, 4) is 22.3 Å². The predicted octanol–water partition coefficient (Wildman–Crippen LogP) is 8.65. The van der Waals surface area contributed by atoms with Gasteiger partial charge in [-0.05, 0) is 67.3 Å². The predicted molar refractivity (Wildman–Crippen MR) is 171 cm³/mol. The molecule has 0 saturated carbocycles. The normalized spacial score (nSPS) is 15.4. The number of nitrogens with zero attached hydrogens (tertiary/aromatic N) is 2. The molecule has 5 rings (SSSR count). The number of aromatic nitrogens is 1. The second-order valence-corrected chi connectivity index (χ2v) is 10.9. The molecule has 0 aliphatic carbocycles. The molecule has 2 bridgehead atoms. The molecule has 44 heavy (non-hydrogen) atoms. The van der Waals surface area contributed by atoms with E-state index in [-0.39, 0.29) is 28.0 Å². The smallest absolute Gasteiger partial charge is 0.241 e. The number of hydrogen-bond donors (Lipinski definition) is 3. The standard InChI is InChI=1S/C35H31ClF2N4O2/c1-3-4-18-39-22(2)40-26-13-14-27-23-8-7-9-24(19-23)28(10-5-6-11-33(43)41-31(27)20-26)32-17-12-25(21-42(32)44)34-30(37)16-15-29(36)35(34)38/h3-4,7-9,12-21,28,40H,2,5-6,10-11H2,1H3,(H-,41,43,44)/p+1/b4-3-,39-18-. The quantitative estimate of drug-likeness (QED) is 0.0881. The summed E-state index contributed by atoms with van der Waals surface area (Å²) < 4.78 is 30.2. The van der Waals surface area contributed by atoms with Crippen molar-refractivity contribution in [2.24, 2.45) is 4.99 Å². The van der Waals surface area contributed by atoms with E-state index in [4.69, 9.17) is 11.6 Å². The van der Waals surface area contributed by atoms with Crippen LogP contribution in [0.15, 0.2) is 102 Å². The van der Waals surface area contributed by atoms with Crippen LogP contribution >= 0.6 is 11.6 Å². The summed E-state index contributed by atoms with van der Waals surface area (Å²) in [6.07, 6.45) is 8.91. The summed E-state index contributed by atoms with van der Waals surface area (Å²) in [5.41, 5.74) is 4.42. The molecule has 1 atom stereocenters. The summed E-state index contributed by atoms with van der Waals surface area (Å²) in [7, 11) is 0. The van der Waals surface area contributed by atoms with E-state index in [1.165, 1.54) is 6.20 Å². The summed E-state index contributed by atoms with van der Waals surface area (Å²) in [5, 5.41) is 17.1. The first-order valence-electron chi connectivity index (χ1n) is 14.3. The number of carbonyl (C=O) groups is 1. The van der Waals surface area contributed by atoms with E-state index in [0.717, 1.165) is 39.2 Å². The fourth-order valence-electron chi connectivity index (χ4n) is 5.37. The van der Waals surface area contributed by atoms with Crippen LogP contribution in [0, 0.1) is 11.6 Å². The molecule has 4 aromatic rings. The molecule has 6 nitrogen and oxygen atoms in total. The molecule has 3 aromatic carbocycles. The van der Waals surface area contributed by atoms with Gasteiger partial charge in [-0.2, -0.15) is 0 Å². The van der Waals surface area contributed by atoms with Gasteiger partial charge in [0.1, 0.15) is 11.6 Å². The highest BCUT2D eigenvalue weighted by Crippen LogP contribution is 2.37. The molecule has 3 N–H and O–H groups in total. The van der Waals surface area contributed by atoms with E-state index in [9.17, 15) is 18.8 Å². The molecule has 0 radical (unpaired) electrons. The number of nitrogens with one attached hydrogen (secondary N) is 2. The van der Waals surface area contributed by atoms with Crippen LogP contribution in [0.3, 0.4) is 0 Å². The summed E-state index contributed by atoms with van der Waals surface area (Å²) in [6, 6.07) is 19.1. The van der Waals surface area contributed by atoms with E-state index in [1.54, 1.807) is 24.4 Å². The van der Waals surface area contributed by atoms with Crippen molar-refractivity contribution < 1.29 is 23.5 Å². The first-order valence-corrected chi connectivity index (χ1v) is 14.7. The molecule has 1 unspecified atom stereocenters. The zero-order valence-corrected chi connectivity index (χ0v) is 24.9. The second-order valence-electron chi connectivity index (χ2n) is 10.5. The third kappa shape index (κ3) is 6.87. The Labute approximate surface area is 260 Å². The Morgan fingerprint density at radius 1 is 1.11 bits per heavy atom. The third-order valence-corrected chi connectivity index (χ3v) is 7.78. The van der Waals surface area contributed by atoms with Gasteiger partial charge in [0.25, 0.3) is 0 Å². The van der Waals surface area contributed by atoms with Gasteiger partial charge < -0.3 is 10.6 Å². The number of rotatable bonds is 6. The van der Waals surface area contributed by atoms with Crippen molar-refractivity contribution in [2.45, 2.75) is 38.5 Å². The molecule has 1 aliphatic rings. The average Bonchev–Trinajstić information content (AvgIpc) is 3.00. The van der Waals surface area contributed by atoms with Crippen molar-refractivity contribution in [2.75, 3.05) is 10.6 Å². The maximum atomic E-state index is 14.7. The monoisotopic (exact) mass is 613 g/mol. The third-order valence-electron chi connectivity index (χ3n) is 7.49. The molecule has 1 aliphatic heterocycles. The molecule has 9 heteroatoms. The van der Waals surface area contributed by atoms with Crippen molar-refractivity contribution >= 4 is 35.1 Å². The highest BCUT2D eigenvalue weighted by molar-refractivity contribution is 6.31. The van der Waals surface area contributed by atoms with Gasteiger partial charge in [0.15, 0.2) is 5.82 Å². The molecule has 0 saturated heterocycles. The van der Waals surface area contributed by atoms with Gasteiger partial charge in [0.05, 0.1) is 27.8 Å². The largest absolute Gasteiger partial charge is 0.341 e. The first-order chi connectivity index (χ1) is 21.2. The van der Waals surface area contributed by atoms with E-state index < -0.39 is 11.6 Å². The maximum absolute atomic E-state index is 14.7. The second kappa shape index (κ2) is 13.7. The zero-order chi connectivity index (χ0) is 31.2. The first kappa shape index (κ1) is 30.6. The molecule has 224 valence electrons. The number of amides is 1. The molecule has 2 heterocycles. The van der Waals surface area contributed by atoms with Crippen LogP contribution in [0.2, 0.25) is 5.02 Å². The minimum atomic E-state index is -0.890. The van der Waals surface area contributed by atoms with E-state index in [2.05, 4.69) is 22.2 Å². The van der Waals surface area contributed by atoms with Crippen molar-refractivity contribution in [1.82, 2.24) is 0 Å². The van der Waals surface area contributed by atoms with Gasteiger partial charge in [-0.15, -0.1) is 0 Å². The van der Waals surface area contributed by atoms with E-state index in [0.29, 0.717) is 42.9 Å². The number of fused-ring (bicyclic) bond motifs is 4.